The Bertz CT molecular complexity index is 770. The molecule has 0 N–H and O–H groups in total. The Labute approximate surface area is 156 Å². The van der Waals surface area contributed by atoms with Gasteiger partial charge < -0.3 is 0 Å². The van der Waals surface area contributed by atoms with Crippen molar-refractivity contribution in [3.63, 3.8) is 0 Å². The highest BCUT2D eigenvalue weighted by Crippen LogP contribution is 2.40. The molecule has 3 nitrogen and oxygen atoms in total. The Kier molecular flexibility index (Phi) is 5.62. The SMILES string of the molecule is C[C@@H]1CC(c2ccncc2CC(=O)c2ccc(F)c(Br)n2)C[C@H](C)C1. The molecule has 0 radical (unpaired) electrons. The van der Waals surface area contributed by atoms with E-state index in [1.165, 1.54) is 24.1 Å². The quantitative estimate of drug-likeness (QED) is 0.509. The van der Waals surface area contributed by atoms with Gasteiger partial charge in [-0.2, -0.15) is 0 Å². The van der Waals surface area contributed by atoms with Gasteiger partial charge in [-0.25, -0.2) is 9.37 Å². The second-order valence-electron chi connectivity index (χ2n) is 7.26. The van der Waals surface area contributed by atoms with Crippen molar-refractivity contribution in [2.45, 2.75) is 45.4 Å². The minimum absolute atomic E-state index is 0.0692. The molecule has 0 aromatic carbocycles. The summed E-state index contributed by atoms with van der Waals surface area (Å²) in [6.45, 7) is 4.60. The summed E-state index contributed by atoms with van der Waals surface area (Å²) in [6.07, 6.45) is 7.40. The van der Waals surface area contributed by atoms with Crippen molar-refractivity contribution in [1.29, 1.82) is 0 Å². The average Bonchev–Trinajstić information content (AvgIpc) is 2.57. The van der Waals surface area contributed by atoms with Crippen LogP contribution < -0.4 is 0 Å². The van der Waals surface area contributed by atoms with Crippen molar-refractivity contribution in [1.82, 2.24) is 9.97 Å². The zero-order valence-electron chi connectivity index (χ0n) is 14.5. The molecule has 3 atom stereocenters. The van der Waals surface area contributed by atoms with E-state index in [0.717, 1.165) is 18.4 Å². The molecular weight excluding hydrogens is 383 g/mol. The molecule has 5 heteroatoms. The molecule has 1 aliphatic carbocycles. The van der Waals surface area contributed by atoms with Gasteiger partial charge in [0.05, 0.1) is 0 Å². The number of nitrogens with zero attached hydrogens (tertiary/aromatic N) is 2. The van der Waals surface area contributed by atoms with E-state index in [1.54, 1.807) is 12.4 Å². The van der Waals surface area contributed by atoms with Gasteiger partial charge in [-0.05, 0) is 82.3 Å². The minimum Gasteiger partial charge on any atom is -0.292 e. The maximum absolute atomic E-state index is 13.3. The number of hydrogen-bond acceptors (Lipinski definition) is 3. The third-order valence-electron chi connectivity index (χ3n) is 5.00. The maximum Gasteiger partial charge on any atom is 0.185 e. The third kappa shape index (κ3) is 4.32. The monoisotopic (exact) mass is 404 g/mol. The van der Waals surface area contributed by atoms with Crippen molar-refractivity contribution in [3.05, 3.63) is 57.8 Å². The van der Waals surface area contributed by atoms with Crippen LogP contribution in [0.15, 0.2) is 35.2 Å². The molecule has 1 saturated carbocycles. The molecule has 2 heterocycles. The van der Waals surface area contributed by atoms with Crippen molar-refractivity contribution in [2.24, 2.45) is 11.8 Å². The number of pyridine rings is 2. The van der Waals surface area contributed by atoms with Crippen LogP contribution >= 0.6 is 15.9 Å². The molecule has 2 aromatic rings. The molecule has 0 spiro atoms. The Hall–Kier alpha value is -1.62. The molecule has 0 amide bonds. The lowest BCUT2D eigenvalue weighted by atomic mass is 9.73. The molecule has 0 saturated heterocycles. The van der Waals surface area contributed by atoms with Crippen LogP contribution in [0.25, 0.3) is 0 Å². The van der Waals surface area contributed by atoms with E-state index in [9.17, 15) is 9.18 Å². The molecular formula is C20H22BrFN2O. The van der Waals surface area contributed by atoms with E-state index >= 15 is 0 Å². The molecule has 1 aliphatic rings. The predicted molar refractivity (Wildman–Crippen MR) is 99.1 cm³/mol. The molecule has 132 valence electrons. The molecule has 1 fully saturated rings. The summed E-state index contributed by atoms with van der Waals surface area (Å²) in [5.74, 6) is 1.27. The number of carbonyl (C=O) groups excluding carboxylic acids is 1. The lowest BCUT2D eigenvalue weighted by Gasteiger charge is -2.32. The second kappa shape index (κ2) is 7.73. The molecule has 2 aromatic heterocycles. The van der Waals surface area contributed by atoms with Crippen LogP contribution in [-0.4, -0.2) is 15.8 Å². The fourth-order valence-electron chi connectivity index (χ4n) is 4.02. The Balaban J connectivity index is 1.83. The van der Waals surface area contributed by atoms with Crippen LogP contribution in [0.5, 0.6) is 0 Å². The van der Waals surface area contributed by atoms with Crippen LogP contribution in [0.2, 0.25) is 0 Å². The molecule has 25 heavy (non-hydrogen) atoms. The standard InChI is InChI=1S/C20H22BrFN2O/c1-12-7-13(2)9-14(8-12)16-5-6-23-11-15(16)10-19(25)18-4-3-17(22)20(21)24-18/h3-6,11-14H,7-10H2,1-2H3/t12-,13+,14?. The summed E-state index contributed by atoms with van der Waals surface area (Å²) in [4.78, 5) is 20.8. The first-order valence-corrected chi connectivity index (χ1v) is 9.51. The highest BCUT2D eigenvalue weighted by molar-refractivity contribution is 9.10. The summed E-state index contributed by atoms with van der Waals surface area (Å²) in [6, 6.07) is 4.74. The number of aromatic nitrogens is 2. The first kappa shape index (κ1) is 18.2. The van der Waals surface area contributed by atoms with E-state index in [-0.39, 0.29) is 22.5 Å². The second-order valence-corrected chi connectivity index (χ2v) is 8.01. The van der Waals surface area contributed by atoms with Gasteiger partial charge in [0.1, 0.15) is 10.3 Å². The van der Waals surface area contributed by atoms with Gasteiger partial charge in [-0.15, -0.1) is 0 Å². The van der Waals surface area contributed by atoms with Crippen LogP contribution in [0.1, 0.15) is 60.6 Å². The Morgan fingerprint density at radius 2 is 1.92 bits per heavy atom. The zero-order chi connectivity index (χ0) is 18.0. The topological polar surface area (TPSA) is 42.9 Å². The van der Waals surface area contributed by atoms with Crippen molar-refractivity contribution in [3.8, 4) is 0 Å². The van der Waals surface area contributed by atoms with Gasteiger partial charge in [0.2, 0.25) is 0 Å². The number of hydrogen-bond donors (Lipinski definition) is 0. The van der Waals surface area contributed by atoms with Crippen molar-refractivity contribution < 1.29 is 9.18 Å². The summed E-state index contributed by atoms with van der Waals surface area (Å²) in [5, 5.41) is 0. The van der Waals surface area contributed by atoms with Gasteiger partial charge in [0, 0.05) is 18.8 Å². The molecule has 0 bridgehead atoms. The van der Waals surface area contributed by atoms with Crippen LogP contribution in [0, 0.1) is 17.7 Å². The highest BCUT2D eigenvalue weighted by Gasteiger charge is 2.27. The lowest BCUT2D eigenvalue weighted by Crippen LogP contribution is -2.20. The van der Waals surface area contributed by atoms with Crippen LogP contribution in [0.3, 0.4) is 0 Å². The van der Waals surface area contributed by atoms with Gasteiger partial charge in [-0.3, -0.25) is 9.78 Å². The van der Waals surface area contributed by atoms with Crippen LogP contribution in [-0.2, 0) is 6.42 Å². The van der Waals surface area contributed by atoms with Gasteiger partial charge in [0.25, 0.3) is 0 Å². The van der Waals surface area contributed by atoms with E-state index in [4.69, 9.17) is 0 Å². The van der Waals surface area contributed by atoms with Crippen LogP contribution in [0.4, 0.5) is 4.39 Å². The first-order chi connectivity index (χ1) is 11.9. The summed E-state index contributed by atoms with van der Waals surface area (Å²) < 4.78 is 13.4. The summed E-state index contributed by atoms with van der Waals surface area (Å²) in [7, 11) is 0. The molecule has 1 unspecified atom stereocenters. The predicted octanol–water partition coefficient (Wildman–Crippen LogP) is 5.34. The number of carbonyl (C=O) groups is 1. The zero-order valence-corrected chi connectivity index (χ0v) is 16.1. The van der Waals surface area contributed by atoms with E-state index in [0.29, 0.717) is 17.8 Å². The molecule has 0 aliphatic heterocycles. The van der Waals surface area contributed by atoms with Gasteiger partial charge in [0.15, 0.2) is 11.6 Å². The summed E-state index contributed by atoms with van der Waals surface area (Å²) in [5.41, 5.74) is 2.46. The average molecular weight is 405 g/mol. The highest BCUT2D eigenvalue weighted by atomic mass is 79.9. The lowest BCUT2D eigenvalue weighted by molar-refractivity contribution is 0.0987. The Morgan fingerprint density at radius 1 is 1.20 bits per heavy atom. The number of ketones is 1. The van der Waals surface area contributed by atoms with E-state index in [1.807, 2.05) is 6.07 Å². The largest absolute Gasteiger partial charge is 0.292 e. The van der Waals surface area contributed by atoms with Gasteiger partial charge >= 0.3 is 0 Å². The smallest absolute Gasteiger partial charge is 0.185 e. The Morgan fingerprint density at radius 3 is 2.60 bits per heavy atom. The maximum atomic E-state index is 13.3. The van der Waals surface area contributed by atoms with Crippen molar-refractivity contribution in [2.75, 3.05) is 0 Å². The number of rotatable bonds is 4. The number of Topliss-reactive ketones (excluding diaryl/α,β-unsaturated/α-hetero) is 1. The summed E-state index contributed by atoms with van der Waals surface area (Å²) >= 11 is 3.04. The normalized spacial score (nSPS) is 23.4. The molecule has 3 rings (SSSR count). The van der Waals surface area contributed by atoms with E-state index < -0.39 is 5.82 Å². The minimum atomic E-state index is -0.469. The third-order valence-corrected chi connectivity index (χ3v) is 5.56. The fraction of sp³-hybridized carbons (Fsp3) is 0.450. The number of halogens is 2. The van der Waals surface area contributed by atoms with Gasteiger partial charge in [-0.1, -0.05) is 13.8 Å². The van der Waals surface area contributed by atoms with E-state index in [2.05, 4.69) is 39.7 Å². The fourth-order valence-corrected chi connectivity index (χ4v) is 4.34. The van der Waals surface area contributed by atoms with Crippen molar-refractivity contribution >= 4 is 21.7 Å². The first-order valence-electron chi connectivity index (χ1n) is 8.72.